The van der Waals surface area contributed by atoms with Crippen LogP contribution in [0.25, 0.3) is 0 Å². The third-order valence-corrected chi connectivity index (χ3v) is 5.53. The molecule has 2 aromatic carbocycles. The van der Waals surface area contributed by atoms with Crippen molar-refractivity contribution in [3.8, 4) is 0 Å². The molecule has 0 spiro atoms. The highest BCUT2D eigenvalue weighted by Gasteiger charge is 2.39. The molecule has 1 heterocycles. The zero-order valence-electron chi connectivity index (χ0n) is 15.1. The molecule has 0 fully saturated rings. The fourth-order valence-electron chi connectivity index (χ4n) is 4.29. The lowest BCUT2D eigenvalue weighted by Gasteiger charge is -2.35. The van der Waals surface area contributed by atoms with E-state index in [9.17, 15) is 14.7 Å². The van der Waals surface area contributed by atoms with Crippen molar-refractivity contribution in [3.63, 3.8) is 0 Å². The first-order chi connectivity index (χ1) is 13.1. The van der Waals surface area contributed by atoms with Crippen LogP contribution < -0.4 is 5.32 Å². The Hall–Kier alpha value is -2.86. The van der Waals surface area contributed by atoms with E-state index in [1.807, 2.05) is 48.5 Å². The Balaban J connectivity index is 1.61. The molecule has 0 saturated carbocycles. The number of carbonyl (C=O) groups excluding carboxylic acids is 1. The molecule has 2 aromatic rings. The van der Waals surface area contributed by atoms with Gasteiger partial charge in [-0.25, -0.2) is 4.79 Å². The van der Waals surface area contributed by atoms with E-state index < -0.39 is 12.1 Å². The van der Waals surface area contributed by atoms with Crippen molar-refractivity contribution in [2.75, 3.05) is 13.7 Å². The van der Waals surface area contributed by atoms with E-state index in [0.29, 0.717) is 19.4 Å². The molecule has 0 radical (unpaired) electrons. The summed E-state index contributed by atoms with van der Waals surface area (Å²) in [5, 5.41) is 12.7. The zero-order chi connectivity index (χ0) is 19.0. The number of ether oxygens (including phenoxy) is 1. The number of fused-ring (bicyclic) bond motifs is 2. The van der Waals surface area contributed by atoms with Crippen molar-refractivity contribution in [2.45, 2.75) is 31.0 Å². The molecule has 27 heavy (non-hydrogen) atoms. The van der Waals surface area contributed by atoms with Crippen LogP contribution in [0.3, 0.4) is 0 Å². The molecule has 4 rings (SSSR count). The minimum Gasteiger partial charge on any atom is -0.465 e. The predicted octanol–water partition coefficient (Wildman–Crippen LogP) is 2.69. The lowest BCUT2D eigenvalue weighted by molar-refractivity contribution is -0.128. The summed E-state index contributed by atoms with van der Waals surface area (Å²) in [5.74, 6) is -0.301. The minimum atomic E-state index is -1.08. The molecule has 0 saturated heterocycles. The Morgan fingerprint density at radius 3 is 2.44 bits per heavy atom. The van der Waals surface area contributed by atoms with Crippen LogP contribution in [0.1, 0.15) is 34.4 Å². The lowest BCUT2D eigenvalue weighted by Crippen LogP contribution is -2.49. The van der Waals surface area contributed by atoms with E-state index in [-0.39, 0.29) is 18.1 Å². The van der Waals surface area contributed by atoms with E-state index in [1.54, 1.807) is 7.11 Å². The van der Waals surface area contributed by atoms with Gasteiger partial charge in [0.15, 0.2) is 0 Å². The van der Waals surface area contributed by atoms with Gasteiger partial charge >= 0.3 is 6.09 Å². The number of nitrogens with zero attached hydrogens (tertiary/aromatic N) is 1. The second-order valence-electron chi connectivity index (χ2n) is 7.00. The van der Waals surface area contributed by atoms with Crippen LogP contribution in [0.5, 0.6) is 0 Å². The topological polar surface area (TPSA) is 78.9 Å². The lowest BCUT2D eigenvalue weighted by atomic mass is 9.92. The Bertz CT molecular complexity index is 882. The smallest absolute Gasteiger partial charge is 0.408 e. The molecule has 0 aromatic heterocycles. The molecular formula is C21H22N2O4. The van der Waals surface area contributed by atoms with Gasteiger partial charge in [-0.1, -0.05) is 48.5 Å². The van der Waals surface area contributed by atoms with Gasteiger partial charge in [0.25, 0.3) is 0 Å². The molecule has 6 nitrogen and oxygen atoms in total. The van der Waals surface area contributed by atoms with Crippen LogP contribution in [0.4, 0.5) is 4.79 Å². The summed E-state index contributed by atoms with van der Waals surface area (Å²) < 4.78 is 5.64. The third kappa shape index (κ3) is 3.06. The highest BCUT2D eigenvalue weighted by Crippen LogP contribution is 2.35. The van der Waals surface area contributed by atoms with Gasteiger partial charge in [0.05, 0.1) is 6.04 Å². The summed E-state index contributed by atoms with van der Waals surface area (Å²) in [6.45, 7) is 0.309. The average molecular weight is 366 g/mol. The van der Waals surface area contributed by atoms with Crippen LogP contribution >= 0.6 is 0 Å². The van der Waals surface area contributed by atoms with Crippen LogP contribution in [-0.2, 0) is 22.4 Å². The second-order valence-corrected chi connectivity index (χ2v) is 7.00. The summed E-state index contributed by atoms with van der Waals surface area (Å²) in [7, 11) is 1.63. The number of hydrogen-bond acceptors (Lipinski definition) is 3. The van der Waals surface area contributed by atoms with Crippen molar-refractivity contribution in [1.29, 1.82) is 0 Å². The van der Waals surface area contributed by atoms with Gasteiger partial charge in [0.1, 0.15) is 12.1 Å². The van der Waals surface area contributed by atoms with E-state index in [4.69, 9.17) is 4.74 Å². The van der Waals surface area contributed by atoms with Crippen LogP contribution in [0.2, 0.25) is 0 Å². The molecule has 3 atom stereocenters. The van der Waals surface area contributed by atoms with Gasteiger partial charge in [-0.3, -0.25) is 9.69 Å². The van der Waals surface area contributed by atoms with Crippen LogP contribution in [0.15, 0.2) is 48.5 Å². The molecule has 6 heteroatoms. The number of benzene rings is 2. The quantitative estimate of drug-likeness (QED) is 0.875. The highest BCUT2D eigenvalue weighted by atomic mass is 16.5. The average Bonchev–Trinajstić information content (AvgIpc) is 3.03. The van der Waals surface area contributed by atoms with Crippen molar-refractivity contribution >= 4 is 12.0 Å². The molecule has 1 unspecified atom stereocenters. The Kier molecular flexibility index (Phi) is 4.58. The van der Waals surface area contributed by atoms with Gasteiger partial charge in [0, 0.05) is 13.7 Å². The van der Waals surface area contributed by atoms with E-state index in [1.165, 1.54) is 4.90 Å². The molecule has 0 bridgehead atoms. The van der Waals surface area contributed by atoms with Crippen molar-refractivity contribution in [3.05, 3.63) is 70.8 Å². The fraction of sp³-hybridized carbons (Fsp3) is 0.333. The molecule has 2 N–H and O–H groups in total. The standard InChI is InChI=1S/C21H22N2O4/c1-27-19-16-9-5-3-7-14(16)12-17(19)22-20(24)18-15-8-4-2-6-13(15)10-11-23(18)21(25)26/h2-9,17-19H,10-12H2,1H3,(H,22,24)(H,25,26)/t17-,18?,19-/m0/s1. The first kappa shape index (κ1) is 17.5. The second kappa shape index (κ2) is 7.04. The number of nitrogens with one attached hydrogen (secondary N) is 1. The number of amides is 2. The zero-order valence-corrected chi connectivity index (χ0v) is 15.1. The summed E-state index contributed by atoms with van der Waals surface area (Å²) in [5.41, 5.74) is 4.00. The Morgan fingerprint density at radius 1 is 1.07 bits per heavy atom. The summed E-state index contributed by atoms with van der Waals surface area (Å²) in [6, 6.07) is 14.5. The normalized spacial score (nSPS) is 23.4. The van der Waals surface area contributed by atoms with Gasteiger partial charge < -0.3 is 15.2 Å². The largest absolute Gasteiger partial charge is 0.465 e. The van der Waals surface area contributed by atoms with Crippen LogP contribution in [-0.4, -0.2) is 41.7 Å². The number of carbonyl (C=O) groups is 2. The van der Waals surface area contributed by atoms with E-state index in [0.717, 1.165) is 22.3 Å². The van der Waals surface area contributed by atoms with Crippen molar-refractivity contribution in [2.24, 2.45) is 0 Å². The van der Waals surface area contributed by atoms with Crippen molar-refractivity contribution in [1.82, 2.24) is 10.2 Å². The molecule has 1 aliphatic heterocycles. The maximum absolute atomic E-state index is 13.2. The van der Waals surface area contributed by atoms with Crippen molar-refractivity contribution < 1.29 is 19.4 Å². The van der Waals surface area contributed by atoms with E-state index >= 15 is 0 Å². The number of carboxylic acid groups (broad SMARTS) is 1. The van der Waals surface area contributed by atoms with Gasteiger partial charge in [-0.2, -0.15) is 0 Å². The molecule has 2 aliphatic rings. The Labute approximate surface area is 157 Å². The maximum Gasteiger partial charge on any atom is 0.408 e. The SMILES string of the molecule is CO[C@H]1c2ccccc2C[C@@H]1NC(=O)C1c2ccccc2CCN1C(=O)O. The Morgan fingerprint density at radius 2 is 1.74 bits per heavy atom. The third-order valence-electron chi connectivity index (χ3n) is 5.53. The monoisotopic (exact) mass is 366 g/mol. The van der Waals surface area contributed by atoms with Gasteiger partial charge in [0.2, 0.25) is 5.91 Å². The van der Waals surface area contributed by atoms with E-state index in [2.05, 4.69) is 5.32 Å². The molecular weight excluding hydrogens is 344 g/mol. The highest BCUT2D eigenvalue weighted by molar-refractivity contribution is 5.87. The van der Waals surface area contributed by atoms with Gasteiger partial charge in [-0.05, 0) is 35.1 Å². The predicted molar refractivity (Wildman–Crippen MR) is 99.4 cm³/mol. The number of hydrogen-bond donors (Lipinski definition) is 2. The molecule has 140 valence electrons. The van der Waals surface area contributed by atoms with Crippen LogP contribution in [0, 0.1) is 0 Å². The first-order valence-electron chi connectivity index (χ1n) is 9.08. The maximum atomic E-state index is 13.2. The fourth-order valence-corrected chi connectivity index (χ4v) is 4.29. The molecule has 2 amide bonds. The first-order valence-corrected chi connectivity index (χ1v) is 9.08. The summed E-state index contributed by atoms with van der Waals surface area (Å²) in [6.07, 6.45) is -0.0335. The summed E-state index contributed by atoms with van der Waals surface area (Å²) >= 11 is 0. The summed E-state index contributed by atoms with van der Waals surface area (Å²) in [4.78, 5) is 26.1. The minimum absolute atomic E-state index is 0.218. The van der Waals surface area contributed by atoms with Gasteiger partial charge in [-0.15, -0.1) is 0 Å². The number of methoxy groups -OCH3 is 1. The number of rotatable bonds is 3. The molecule has 1 aliphatic carbocycles.